The highest BCUT2D eigenvalue weighted by Crippen LogP contribution is 2.30. The molecule has 0 radical (unpaired) electrons. The van der Waals surface area contributed by atoms with E-state index in [1.54, 1.807) is 12.1 Å². The number of hydrogen-bond acceptors (Lipinski definition) is 4. The molecular formula is C28H24N2O4S. The third kappa shape index (κ3) is 6.02. The summed E-state index contributed by atoms with van der Waals surface area (Å²) < 4.78 is 0. The fourth-order valence-electron chi connectivity index (χ4n) is 3.78. The van der Waals surface area contributed by atoms with Crippen molar-refractivity contribution in [3.63, 3.8) is 0 Å². The Morgan fingerprint density at radius 3 is 2.09 bits per heavy atom. The summed E-state index contributed by atoms with van der Waals surface area (Å²) in [4.78, 5) is 41.0. The molecule has 0 aliphatic carbocycles. The van der Waals surface area contributed by atoms with E-state index < -0.39 is 12.0 Å². The molecule has 0 saturated carbocycles. The van der Waals surface area contributed by atoms with Crippen molar-refractivity contribution < 1.29 is 19.5 Å². The second-order valence-electron chi connectivity index (χ2n) is 7.89. The van der Waals surface area contributed by atoms with Gasteiger partial charge in [-0.1, -0.05) is 66.7 Å². The number of carboxylic acid groups (broad SMARTS) is 1. The lowest BCUT2D eigenvalue weighted by molar-refractivity contribution is -0.126. The van der Waals surface area contributed by atoms with Gasteiger partial charge in [0, 0.05) is 17.1 Å². The minimum atomic E-state index is -1.06. The van der Waals surface area contributed by atoms with E-state index in [2.05, 4.69) is 5.32 Å². The fourth-order valence-corrected chi connectivity index (χ4v) is 4.48. The number of nitrogens with one attached hydrogen (secondary N) is 1. The molecule has 2 amide bonds. The first-order valence-electron chi connectivity index (χ1n) is 11.1. The van der Waals surface area contributed by atoms with Crippen LogP contribution in [-0.2, 0) is 22.6 Å². The molecule has 0 bridgehead atoms. The molecule has 0 aliphatic rings. The number of carbonyl (C=O) groups excluding carboxylic acids is 2. The third-order valence-corrected chi connectivity index (χ3v) is 6.37. The van der Waals surface area contributed by atoms with Crippen LogP contribution in [0, 0.1) is 0 Å². The van der Waals surface area contributed by atoms with E-state index in [1.807, 2.05) is 78.2 Å². The normalized spacial score (nSPS) is 11.4. The van der Waals surface area contributed by atoms with Crippen molar-refractivity contribution in [2.75, 3.05) is 4.90 Å². The summed E-state index contributed by atoms with van der Waals surface area (Å²) in [7, 11) is 0. The zero-order chi connectivity index (χ0) is 24.6. The van der Waals surface area contributed by atoms with E-state index in [9.17, 15) is 19.5 Å². The summed E-state index contributed by atoms with van der Waals surface area (Å²) in [6.45, 7) is 0.313. The maximum Gasteiger partial charge on any atom is 0.335 e. The van der Waals surface area contributed by atoms with Gasteiger partial charge in [0.2, 0.25) is 11.8 Å². The van der Waals surface area contributed by atoms with Crippen LogP contribution in [0.15, 0.2) is 102 Å². The summed E-state index contributed by atoms with van der Waals surface area (Å²) in [6.07, 6.45) is 0.119. The van der Waals surface area contributed by atoms with Crippen LogP contribution in [0.4, 0.5) is 5.69 Å². The molecule has 0 saturated heterocycles. The molecule has 0 fully saturated rings. The molecule has 6 nitrogen and oxygen atoms in total. The molecule has 176 valence electrons. The molecule has 4 aromatic rings. The van der Waals surface area contributed by atoms with Gasteiger partial charge in [-0.3, -0.25) is 14.5 Å². The topological polar surface area (TPSA) is 86.7 Å². The van der Waals surface area contributed by atoms with Gasteiger partial charge < -0.3 is 10.4 Å². The molecular weight excluding hydrogens is 460 g/mol. The molecule has 7 heteroatoms. The van der Waals surface area contributed by atoms with E-state index in [-0.39, 0.29) is 23.8 Å². The van der Waals surface area contributed by atoms with Crippen molar-refractivity contribution in [3.05, 3.63) is 124 Å². The van der Waals surface area contributed by atoms with Crippen LogP contribution < -0.4 is 10.2 Å². The average molecular weight is 485 g/mol. The lowest BCUT2D eigenvalue weighted by Gasteiger charge is -2.31. The monoisotopic (exact) mass is 484 g/mol. The molecule has 1 heterocycles. The Bertz CT molecular complexity index is 1270. The first-order valence-corrected chi connectivity index (χ1v) is 12.0. The Morgan fingerprint density at radius 2 is 1.49 bits per heavy atom. The minimum Gasteiger partial charge on any atom is -0.478 e. The molecule has 0 spiro atoms. The second kappa shape index (κ2) is 11.3. The second-order valence-corrected chi connectivity index (χ2v) is 8.92. The van der Waals surface area contributed by atoms with Crippen LogP contribution in [-0.4, -0.2) is 22.9 Å². The quantitative estimate of drug-likeness (QED) is 0.347. The third-order valence-electron chi connectivity index (χ3n) is 5.50. The zero-order valence-corrected chi connectivity index (χ0v) is 19.7. The number of thiophene rings is 1. The largest absolute Gasteiger partial charge is 0.478 e. The predicted octanol–water partition coefficient (Wildman–Crippen LogP) is 5.08. The number of carboxylic acids is 1. The van der Waals surface area contributed by atoms with Gasteiger partial charge in [0.25, 0.3) is 0 Å². The van der Waals surface area contributed by atoms with E-state index in [1.165, 1.54) is 28.4 Å². The number of anilines is 1. The van der Waals surface area contributed by atoms with Crippen molar-refractivity contribution in [1.29, 1.82) is 0 Å². The maximum atomic E-state index is 13.7. The van der Waals surface area contributed by atoms with Gasteiger partial charge in [-0.2, -0.15) is 0 Å². The van der Waals surface area contributed by atoms with Gasteiger partial charge in [-0.25, -0.2) is 4.79 Å². The van der Waals surface area contributed by atoms with E-state index in [0.717, 1.165) is 10.4 Å². The van der Waals surface area contributed by atoms with Gasteiger partial charge in [0.05, 0.1) is 12.0 Å². The zero-order valence-electron chi connectivity index (χ0n) is 18.8. The number of amides is 2. The highest BCUT2D eigenvalue weighted by molar-refractivity contribution is 7.10. The van der Waals surface area contributed by atoms with E-state index >= 15 is 0 Å². The van der Waals surface area contributed by atoms with Crippen LogP contribution in [0.3, 0.4) is 0 Å². The average Bonchev–Trinajstić information content (AvgIpc) is 3.40. The standard InChI is InChI=1S/C28H24N2O4S/c31-25(18-24-12-7-17-35-24)30(23-15-13-22(14-16-23)28(33)34)26(21-10-5-2-6-11-21)27(32)29-19-20-8-3-1-4-9-20/h1-17,26H,18-19H2,(H,29,32)(H,33,34). The predicted molar refractivity (Wildman–Crippen MR) is 136 cm³/mol. The summed E-state index contributed by atoms with van der Waals surface area (Å²) in [5.74, 6) is -1.66. The minimum absolute atomic E-state index is 0.101. The number of rotatable bonds is 9. The number of carbonyl (C=O) groups is 3. The van der Waals surface area contributed by atoms with Gasteiger partial charge in [0.1, 0.15) is 6.04 Å². The van der Waals surface area contributed by atoms with Gasteiger partial charge in [-0.05, 0) is 46.8 Å². The summed E-state index contributed by atoms with van der Waals surface area (Å²) in [5, 5.41) is 14.2. The van der Waals surface area contributed by atoms with Crippen LogP contribution in [0.25, 0.3) is 0 Å². The lowest BCUT2D eigenvalue weighted by Crippen LogP contribution is -2.44. The van der Waals surface area contributed by atoms with Gasteiger partial charge in [-0.15, -0.1) is 11.3 Å². The van der Waals surface area contributed by atoms with Crippen LogP contribution in [0.2, 0.25) is 0 Å². The highest BCUT2D eigenvalue weighted by atomic mass is 32.1. The highest BCUT2D eigenvalue weighted by Gasteiger charge is 2.33. The van der Waals surface area contributed by atoms with Crippen molar-refractivity contribution in [2.45, 2.75) is 19.0 Å². The number of nitrogens with zero attached hydrogens (tertiary/aromatic N) is 1. The summed E-state index contributed by atoms with van der Waals surface area (Å²) >= 11 is 1.47. The number of aromatic carboxylic acids is 1. The first kappa shape index (κ1) is 23.9. The molecule has 35 heavy (non-hydrogen) atoms. The van der Waals surface area contributed by atoms with Crippen molar-refractivity contribution in [1.82, 2.24) is 5.32 Å². The lowest BCUT2D eigenvalue weighted by atomic mass is 10.0. The Morgan fingerprint density at radius 1 is 0.829 bits per heavy atom. The summed E-state index contributed by atoms with van der Waals surface area (Å²) in [5.41, 5.74) is 2.14. The Balaban J connectivity index is 1.72. The first-order chi connectivity index (χ1) is 17.0. The Hall–Kier alpha value is -4.23. The summed E-state index contributed by atoms with van der Waals surface area (Å²) in [6, 6.07) is 27.5. The Kier molecular flexibility index (Phi) is 7.70. The molecule has 0 aliphatic heterocycles. The van der Waals surface area contributed by atoms with Gasteiger partial charge >= 0.3 is 5.97 Å². The van der Waals surface area contributed by atoms with E-state index in [4.69, 9.17) is 0 Å². The van der Waals surface area contributed by atoms with Crippen molar-refractivity contribution >= 4 is 34.8 Å². The molecule has 3 aromatic carbocycles. The molecule has 4 rings (SSSR count). The van der Waals surface area contributed by atoms with Crippen LogP contribution >= 0.6 is 11.3 Å². The Labute approximate surface area is 207 Å². The molecule has 2 N–H and O–H groups in total. The molecule has 1 atom stereocenters. The van der Waals surface area contributed by atoms with Gasteiger partial charge in [0.15, 0.2) is 0 Å². The smallest absolute Gasteiger partial charge is 0.335 e. The SMILES string of the molecule is O=C(O)c1ccc(N(C(=O)Cc2cccs2)C(C(=O)NCc2ccccc2)c2ccccc2)cc1. The van der Waals surface area contributed by atoms with Crippen LogP contribution in [0.5, 0.6) is 0 Å². The molecule has 1 aromatic heterocycles. The number of benzene rings is 3. The van der Waals surface area contributed by atoms with Crippen molar-refractivity contribution in [3.8, 4) is 0 Å². The molecule has 1 unspecified atom stereocenters. The fraction of sp³-hybridized carbons (Fsp3) is 0.107. The number of hydrogen-bond donors (Lipinski definition) is 2. The van der Waals surface area contributed by atoms with E-state index in [0.29, 0.717) is 17.8 Å². The maximum absolute atomic E-state index is 13.7. The van der Waals surface area contributed by atoms with Crippen molar-refractivity contribution in [2.24, 2.45) is 0 Å². The van der Waals surface area contributed by atoms with Crippen LogP contribution in [0.1, 0.15) is 32.4 Å².